The highest BCUT2D eigenvalue weighted by Gasteiger charge is 2.18. The quantitative estimate of drug-likeness (QED) is 0.634. The molecule has 0 aliphatic carbocycles. The second-order valence-corrected chi connectivity index (χ2v) is 6.65. The van der Waals surface area contributed by atoms with E-state index in [0.717, 1.165) is 24.6 Å². The summed E-state index contributed by atoms with van der Waals surface area (Å²) in [7, 11) is 0. The van der Waals surface area contributed by atoms with Crippen molar-refractivity contribution in [3.63, 3.8) is 0 Å². The Morgan fingerprint density at radius 2 is 2.00 bits per heavy atom. The Kier molecular flexibility index (Phi) is 6.22. The van der Waals surface area contributed by atoms with Crippen molar-refractivity contribution in [1.29, 1.82) is 0 Å². The molecular formula is C13H22ClN3S. The van der Waals surface area contributed by atoms with Crippen molar-refractivity contribution >= 4 is 29.2 Å². The van der Waals surface area contributed by atoms with E-state index in [1.807, 2.05) is 11.8 Å². The van der Waals surface area contributed by atoms with Crippen molar-refractivity contribution in [1.82, 2.24) is 9.97 Å². The smallest absolute Gasteiger partial charge is 0.137 e. The highest BCUT2D eigenvalue weighted by atomic mass is 35.5. The number of thioether (sulfide) groups is 1. The molecule has 0 atom stereocenters. The highest BCUT2D eigenvalue weighted by Crippen LogP contribution is 2.22. The van der Waals surface area contributed by atoms with Gasteiger partial charge >= 0.3 is 0 Å². The van der Waals surface area contributed by atoms with Crippen LogP contribution in [0.3, 0.4) is 0 Å². The van der Waals surface area contributed by atoms with Crippen LogP contribution in [0.25, 0.3) is 0 Å². The van der Waals surface area contributed by atoms with Crippen LogP contribution in [0, 0.1) is 0 Å². The lowest BCUT2D eigenvalue weighted by atomic mass is 9.96. The maximum Gasteiger partial charge on any atom is 0.137 e. The van der Waals surface area contributed by atoms with E-state index in [9.17, 15) is 0 Å². The molecule has 18 heavy (non-hydrogen) atoms. The van der Waals surface area contributed by atoms with Crippen LogP contribution in [0.2, 0.25) is 5.15 Å². The molecule has 0 aliphatic heterocycles. The van der Waals surface area contributed by atoms with E-state index in [2.05, 4.69) is 42.3 Å². The van der Waals surface area contributed by atoms with Crippen LogP contribution in [-0.2, 0) is 5.41 Å². The molecule has 0 spiro atoms. The molecule has 102 valence electrons. The van der Waals surface area contributed by atoms with E-state index in [4.69, 9.17) is 11.6 Å². The lowest BCUT2D eigenvalue weighted by molar-refractivity contribution is 0.546. The molecule has 0 saturated heterocycles. The van der Waals surface area contributed by atoms with Crippen LogP contribution in [0.4, 0.5) is 5.82 Å². The molecule has 1 aromatic heterocycles. The number of hydrogen-bond acceptors (Lipinski definition) is 4. The molecule has 0 unspecified atom stereocenters. The van der Waals surface area contributed by atoms with Gasteiger partial charge in [-0.1, -0.05) is 32.4 Å². The molecule has 0 amide bonds. The molecule has 0 radical (unpaired) electrons. The van der Waals surface area contributed by atoms with Gasteiger partial charge in [0, 0.05) is 18.0 Å². The zero-order valence-electron chi connectivity index (χ0n) is 11.6. The first-order chi connectivity index (χ1) is 8.43. The summed E-state index contributed by atoms with van der Waals surface area (Å²) in [5.41, 5.74) is -0.0832. The Bertz CT molecular complexity index is 377. The summed E-state index contributed by atoms with van der Waals surface area (Å²) in [5.74, 6) is 2.81. The zero-order chi connectivity index (χ0) is 13.6. The second kappa shape index (κ2) is 7.19. The third-order valence-electron chi connectivity index (χ3n) is 2.45. The lowest BCUT2D eigenvalue weighted by Gasteiger charge is -2.17. The zero-order valence-corrected chi connectivity index (χ0v) is 13.2. The van der Waals surface area contributed by atoms with Crippen molar-refractivity contribution in [3.05, 3.63) is 17.0 Å². The average molecular weight is 288 g/mol. The molecule has 1 heterocycles. The first-order valence-electron chi connectivity index (χ1n) is 6.21. The van der Waals surface area contributed by atoms with Gasteiger partial charge in [0.2, 0.25) is 0 Å². The van der Waals surface area contributed by atoms with E-state index in [1.165, 1.54) is 12.2 Å². The fourth-order valence-electron chi connectivity index (χ4n) is 1.43. The summed E-state index contributed by atoms with van der Waals surface area (Å²) < 4.78 is 0. The fraction of sp³-hybridized carbons (Fsp3) is 0.692. The Morgan fingerprint density at radius 3 is 2.61 bits per heavy atom. The van der Waals surface area contributed by atoms with Gasteiger partial charge in [-0.05, 0) is 24.9 Å². The molecule has 1 rings (SSSR count). The SMILES string of the molecule is CSCCCCNc1cc(Cl)nc(C(C)(C)C)n1. The molecule has 1 N–H and O–H groups in total. The van der Waals surface area contributed by atoms with E-state index in [1.54, 1.807) is 6.07 Å². The van der Waals surface area contributed by atoms with E-state index < -0.39 is 0 Å². The average Bonchev–Trinajstić information content (AvgIpc) is 2.27. The van der Waals surface area contributed by atoms with Crippen LogP contribution >= 0.6 is 23.4 Å². The van der Waals surface area contributed by atoms with Crippen LogP contribution in [0.1, 0.15) is 39.4 Å². The van der Waals surface area contributed by atoms with Crippen molar-refractivity contribution in [3.8, 4) is 0 Å². The number of halogens is 1. The number of anilines is 1. The largest absolute Gasteiger partial charge is 0.370 e. The summed E-state index contributed by atoms with van der Waals surface area (Å²) in [6, 6.07) is 1.78. The van der Waals surface area contributed by atoms with Gasteiger partial charge in [-0.3, -0.25) is 0 Å². The second-order valence-electron chi connectivity index (χ2n) is 5.28. The summed E-state index contributed by atoms with van der Waals surface area (Å²) in [4.78, 5) is 8.78. The van der Waals surface area contributed by atoms with Gasteiger partial charge in [-0.15, -0.1) is 0 Å². The van der Waals surface area contributed by atoms with Gasteiger partial charge in [-0.2, -0.15) is 11.8 Å². The fourth-order valence-corrected chi connectivity index (χ4v) is 2.11. The number of rotatable bonds is 6. The van der Waals surface area contributed by atoms with Gasteiger partial charge in [0.25, 0.3) is 0 Å². The normalized spacial score (nSPS) is 11.6. The standard InChI is InChI=1S/C13H22ClN3S/c1-13(2,3)12-16-10(14)9-11(17-12)15-7-5-6-8-18-4/h9H,5-8H2,1-4H3,(H,15,16,17). The van der Waals surface area contributed by atoms with Crippen LogP contribution in [-0.4, -0.2) is 28.5 Å². The van der Waals surface area contributed by atoms with Crippen molar-refractivity contribution in [2.24, 2.45) is 0 Å². The molecular weight excluding hydrogens is 266 g/mol. The molecule has 0 aliphatic rings. The number of nitrogens with one attached hydrogen (secondary N) is 1. The van der Waals surface area contributed by atoms with Crippen molar-refractivity contribution in [2.45, 2.75) is 39.0 Å². The van der Waals surface area contributed by atoms with Gasteiger partial charge in [0.15, 0.2) is 0 Å². The van der Waals surface area contributed by atoms with Crippen molar-refractivity contribution < 1.29 is 0 Å². The van der Waals surface area contributed by atoms with Crippen LogP contribution in [0.15, 0.2) is 6.07 Å². The predicted molar refractivity (Wildman–Crippen MR) is 81.8 cm³/mol. The topological polar surface area (TPSA) is 37.8 Å². The Balaban J connectivity index is 2.58. The molecule has 0 aromatic carbocycles. The Labute approximate surface area is 119 Å². The van der Waals surface area contributed by atoms with Crippen LogP contribution < -0.4 is 5.32 Å². The molecule has 3 nitrogen and oxygen atoms in total. The first kappa shape index (κ1) is 15.6. The lowest BCUT2D eigenvalue weighted by Crippen LogP contribution is -2.17. The minimum absolute atomic E-state index is 0.0832. The molecule has 1 aromatic rings. The van der Waals surface area contributed by atoms with Gasteiger partial charge in [0.05, 0.1) is 0 Å². The highest BCUT2D eigenvalue weighted by molar-refractivity contribution is 7.98. The monoisotopic (exact) mass is 287 g/mol. The molecule has 5 heteroatoms. The summed E-state index contributed by atoms with van der Waals surface area (Å²) in [5, 5.41) is 3.81. The third-order valence-corrected chi connectivity index (χ3v) is 3.34. The minimum Gasteiger partial charge on any atom is -0.370 e. The maximum absolute atomic E-state index is 6.02. The Hall–Kier alpha value is -0.480. The maximum atomic E-state index is 6.02. The molecule has 0 bridgehead atoms. The van der Waals surface area contributed by atoms with Crippen LogP contribution in [0.5, 0.6) is 0 Å². The van der Waals surface area contributed by atoms with Gasteiger partial charge in [-0.25, -0.2) is 9.97 Å². The molecule has 0 fully saturated rings. The van der Waals surface area contributed by atoms with E-state index >= 15 is 0 Å². The van der Waals surface area contributed by atoms with E-state index in [-0.39, 0.29) is 5.41 Å². The predicted octanol–water partition coefficient (Wildman–Crippen LogP) is 3.98. The summed E-state index contributed by atoms with van der Waals surface area (Å²) in [6.45, 7) is 7.18. The summed E-state index contributed by atoms with van der Waals surface area (Å²) in [6.07, 6.45) is 4.50. The number of nitrogens with zero attached hydrogens (tertiary/aromatic N) is 2. The number of aromatic nitrogens is 2. The molecule has 0 saturated carbocycles. The number of hydrogen-bond donors (Lipinski definition) is 1. The minimum atomic E-state index is -0.0832. The number of unbranched alkanes of at least 4 members (excludes halogenated alkanes) is 1. The van der Waals surface area contributed by atoms with Gasteiger partial charge < -0.3 is 5.32 Å². The van der Waals surface area contributed by atoms with Crippen molar-refractivity contribution in [2.75, 3.05) is 23.9 Å². The first-order valence-corrected chi connectivity index (χ1v) is 7.98. The summed E-state index contributed by atoms with van der Waals surface area (Å²) >= 11 is 7.91. The van der Waals surface area contributed by atoms with E-state index in [0.29, 0.717) is 5.15 Å². The van der Waals surface area contributed by atoms with Gasteiger partial charge in [0.1, 0.15) is 16.8 Å². The Morgan fingerprint density at radius 1 is 1.28 bits per heavy atom. The third kappa shape index (κ3) is 5.44.